The second kappa shape index (κ2) is 9.32. The minimum atomic E-state index is -4.43. The molecule has 2 aliphatic heterocycles. The molecule has 2 amide bonds. The Morgan fingerprint density at radius 1 is 1.00 bits per heavy atom. The van der Waals surface area contributed by atoms with Crippen LogP contribution in [0.5, 0.6) is 0 Å². The van der Waals surface area contributed by atoms with Crippen LogP contribution in [0, 0.1) is 0 Å². The van der Waals surface area contributed by atoms with Gasteiger partial charge in [0.15, 0.2) is 0 Å². The van der Waals surface area contributed by atoms with Crippen molar-refractivity contribution < 1.29 is 22.8 Å². The Morgan fingerprint density at radius 2 is 1.75 bits per heavy atom. The van der Waals surface area contributed by atoms with E-state index in [2.05, 4.69) is 5.32 Å². The summed E-state index contributed by atoms with van der Waals surface area (Å²) in [4.78, 5) is 29.7. The second-order valence-electron chi connectivity index (χ2n) is 8.33. The minimum Gasteiger partial charge on any atom is -0.351 e. The van der Waals surface area contributed by atoms with Crippen molar-refractivity contribution in [2.45, 2.75) is 38.0 Å². The van der Waals surface area contributed by atoms with Crippen molar-refractivity contribution in [1.29, 1.82) is 0 Å². The number of rotatable bonds is 5. The van der Waals surface area contributed by atoms with Gasteiger partial charge in [0.2, 0.25) is 11.8 Å². The molecule has 0 aliphatic carbocycles. The Bertz CT molecular complexity index is 986. The maximum Gasteiger partial charge on any atom is 0.416 e. The molecular formula is C24H26F3N3O2. The van der Waals surface area contributed by atoms with E-state index >= 15 is 0 Å². The first-order valence-electron chi connectivity index (χ1n) is 10.9. The lowest BCUT2D eigenvalue weighted by atomic mass is 9.91. The standard InChI is InChI=1S/C24H26F3N3O2/c25-24(26,27)19-8-5-6-17(14-19)15-28-21(31)16-30-13-10-18-7-1-2-9-20(18)22(30)23(32)29-11-3-4-12-29/h1-2,5-9,14,22H,3-4,10-13,15-16H2,(H,28,31)/t22-/m0/s1. The summed E-state index contributed by atoms with van der Waals surface area (Å²) in [5.41, 5.74) is 1.68. The normalized spacial score (nSPS) is 19.0. The molecular weight excluding hydrogens is 419 g/mol. The molecule has 170 valence electrons. The highest BCUT2D eigenvalue weighted by Crippen LogP contribution is 2.32. The molecule has 0 unspecified atom stereocenters. The minimum absolute atomic E-state index is 0.00207. The Hall–Kier alpha value is -2.87. The molecule has 0 saturated carbocycles. The second-order valence-corrected chi connectivity index (χ2v) is 8.33. The highest BCUT2D eigenvalue weighted by Gasteiger charge is 2.37. The molecule has 0 bridgehead atoms. The van der Waals surface area contributed by atoms with Crippen LogP contribution >= 0.6 is 0 Å². The fraction of sp³-hybridized carbons (Fsp3) is 0.417. The van der Waals surface area contributed by atoms with Gasteiger partial charge in [-0.2, -0.15) is 13.2 Å². The van der Waals surface area contributed by atoms with Gasteiger partial charge in [0, 0.05) is 26.2 Å². The number of amides is 2. The van der Waals surface area contributed by atoms with E-state index in [1.54, 1.807) is 6.07 Å². The van der Waals surface area contributed by atoms with Crippen molar-refractivity contribution in [3.8, 4) is 0 Å². The lowest BCUT2D eigenvalue weighted by molar-refractivity contribution is -0.138. The van der Waals surface area contributed by atoms with Gasteiger partial charge < -0.3 is 10.2 Å². The molecule has 2 heterocycles. The molecule has 0 radical (unpaired) electrons. The number of alkyl halides is 3. The zero-order valence-corrected chi connectivity index (χ0v) is 17.7. The summed E-state index contributed by atoms with van der Waals surface area (Å²) < 4.78 is 38.7. The topological polar surface area (TPSA) is 52.7 Å². The van der Waals surface area contributed by atoms with Crippen LogP contribution in [-0.4, -0.2) is 47.8 Å². The fourth-order valence-corrected chi connectivity index (χ4v) is 4.49. The predicted molar refractivity (Wildman–Crippen MR) is 114 cm³/mol. The highest BCUT2D eigenvalue weighted by molar-refractivity contribution is 5.86. The van der Waals surface area contributed by atoms with E-state index in [1.165, 1.54) is 6.07 Å². The fourth-order valence-electron chi connectivity index (χ4n) is 4.49. The first-order chi connectivity index (χ1) is 15.3. The molecule has 4 rings (SSSR count). The number of hydrogen-bond donors (Lipinski definition) is 1. The zero-order chi connectivity index (χ0) is 22.7. The SMILES string of the molecule is O=C(CN1CCc2ccccc2[C@H]1C(=O)N1CCCC1)NCc1cccc(C(F)(F)F)c1. The van der Waals surface area contributed by atoms with Gasteiger partial charge in [-0.25, -0.2) is 0 Å². The van der Waals surface area contributed by atoms with Crippen molar-refractivity contribution in [3.63, 3.8) is 0 Å². The molecule has 1 atom stereocenters. The van der Waals surface area contributed by atoms with E-state index in [0.717, 1.165) is 55.6 Å². The van der Waals surface area contributed by atoms with Crippen LogP contribution < -0.4 is 5.32 Å². The molecule has 2 aliphatic rings. The number of fused-ring (bicyclic) bond motifs is 1. The summed E-state index contributed by atoms with van der Waals surface area (Å²) in [7, 11) is 0. The molecule has 0 aromatic heterocycles. The molecule has 8 heteroatoms. The van der Waals surface area contributed by atoms with Crippen molar-refractivity contribution in [2.75, 3.05) is 26.2 Å². The number of halogens is 3. The van der Waals surface area contributed by atoms with E-state index in [1.807, 2.05) is 34.1 Å². The predicted octanol–water partition coefficient (Wildman–Crippen LogP) is 3.54. The molecule has 2 aromatic rings. The third-order valence-electron chi connectivity index (χ3n) is 6.13. The molecule has 0 spiro atoms. The summed E-state index contributed by atoms with van der Waals surface area (Å²) in [5.74, 6) is -0.304. The quantitative estimate of drug-likeness (QED) is 0.766. The molecule has 32 heavy (non-hydrogen) atoms. The first kappa shape index (κ1) is 22.3. The average molecular weight is 445 g/mol. The first-order valence-corrected chi connectivity index (χ1v) is 10.9. The van der Waals surface area contributed by atoms with Gasteiger partial charge in [-0.05, 0) is 48.1 Å². The van der Waals surface area contributed by atoms with Gasteiger partial charge in [-0.1, -0.05) is 36.4 Å². The Kier molecular flexibility index (Phi) is 6.50. The van der Waals surface area contributed by atoms with E-state index in [4.69, 9.17) is 0 Å². The van der Waals surface area contributed by atoms with E-state index in [-0.39, 0.29) is 24.9 Å². The average Bonchev–Trinajstić information content (AvgIpc) is 3.32. The number of nitrogens with one attached hydrogen (secondary N) is 1. The van der Waals surface area contributed by atoms with Crippen LogP contribution in [0.3, 0.4) is 0 Å². The van der Waals surface area contributed by atoms with Gasteiger partial charge in [0.05, 0.1) is 12.1 Å². The summed E-state index contributed by atoms with van der Waals surface area (Å²) in [6, 6.07) is 12.2. The summed E-state index contributed by atoms with van der Waals surface area (Å²) in [6.07, 6.45) is -1.72. The van der Waals surface area contributed by atoms with Gasteiger partial charge in [-0.3, -0.25) is 14.5 Å². The summed E-state index contributed by atoms with van der Waals surface area (Å²) in [6.45, 7) is 2.04. The third kappa shape index (κ3) is 4.96. The smallest absolute Gasteiger partial charge is 0.351 e. The number of hydrogen-bond acceptors (Lipinski definition) is 3. The van der Waals surface area contributed by atoms with Gasteiger partial charge in [-0.15, -0.1) is 0 Å². The van der Waals surface area contributed by atoms with Crippen LogP contribution in [0.2, 0.25) is 0 Å². The maximum absolute atomic E-state index is 13.3. The van der Waals surface area contributed by atoms with Crippen LogP contribution in [0.15, 0.2) is 48.5 Å². The molecule has 1 N–H and O–H groups in total. The van der Waals surface area contributed by atoms with Crippen molar-refractivity contribution in [1.82, 2.24) is 15.1 Å². The van der Waals surface area contributed by atoms with E-state index < -0.39 is 17.8 Å². The number of carbonyl (C=O) groups is 2. The van der Waals surface area contributed by atoms with Crippen LogP contribution in [0.25, 0.3) is 0 Å². The van der Waals surface area contributed by atoms with Crippen LogP contribution in [0.1, 0.15) is 41.1 Å². The Morgan fingerprint density at radius 3 is 2.50 bits per heavy atom. The lowest BCUT2D eigenvalue weighted by Gasteiger charge is -2.37. The maximum atomic E-state index is 13.3. The van der Waals surface area contributed by atoms with Crippen LogP contribution in [0.4, 0.5) is 13.2 Å². The number of nitrogens with zero attached hydrogens (tertiary/aromatic N) is 2. The molecule has 5 nitrogen and oxygen atoms in total. The zero-order valence-electron chi connectivity index (χ0n) is 17.7. The van der Waals surface area contributed by atoms with Gasteiger partial charge >= 0.3 is 6.18 Å². The number of likely N-dealkylation sites (tertiary alicyclic amines) is 1. The monoisotopic (exact) mass is 445 g/mol. The van der Waals surface area contributed by atoms with Crippen molar-refractivity contribution in [3.05, 3.63) is 70.8 Å². The van der Waals surface area contributed by atoms with Crippen molar-refractivity contribution in [2.24, 2.45) is 0 Å². The molecule has 2 aromatic carbocycles. The largest absolute Gasteiger partial charge is 0.416 e. The molecule has 1 saturated heterocycles. The third-order valence-corrected chi connectivity index (χ3v) is 6.13. The Labute approximate surface area is 185 Å². The number of benzene rings is 2. The summed E-state index contributed by atoms with van der Waals surface area (Å²) in [5, 5.41) is 2.71. The van der Waals surface area contributed by atoms with Crippen molar-refractivity contribution >= 4 is 11.8 Å². The summed E-state index contributed by atoms with van der Waals surface area (Å²) >= 11 is 0. The molecule has 1 fully saturated rings. The lowest BCUT2D eigenvalue weighted by Crippen LogP contribution is -2.48. The highest BCUT2D eigenvalue weighted by atomic mass is 19.4. The van der Waals surface area contributed by atoms with Crippen LogP contribution in [-0.2, 0) is 28.7 Å². The van der Waals surface area contributed by atoms with E-state index in [9.17, 15) is 22.8 Å². The van der Waals surface area contributed by atoms with E-state index in [0.29, 0.717) is 12.1 Å². The van der Waals surface area contributed by atoms with Gasteiger partial charge in [0.25, 0.3) is 0 Å². The number of carbonyl (C=O) groups excluding carboxylic acids is 2. The Balaban J connectivity index is 1.45. The van der Waals surface area contributed by atoms with Gasteiger partial charge in [0.1, 0.15) is 6.04 Å².